The molecule has 1 unspecified atom stereocenters. The molecular formula is C3H8B5P. The standard InChI is InChI=1S/C3H8B5P/c1-2-3-9(5)8-7-6-4/h4H,2-3H2,1H3. The number of hydrogen-bond acceptors (Lipinski definition) is 0. The van der Waals surface area contributed by atoms with Crippen LogP contribution in [0.5, 0.6) is 0 Å². The molecule has 0 aliphatic heterocycles. The van der Waals surface area contributed by atoms with Gasteiger partial charge in [0, 0.05) is 0 Å². The zero-order valence-electron chi connectivity index (χ0n) is 5.88. The van der Waals surface area contributed by atoms with Crippen LogP contribution in [-0.2, 0) is 0 Å². The van der Waals surface area contributed by atoms with Crippen LogP contribution in [-0.4, -0.2) is 40.4 Å². The van der Waals surface area contributed by atoms with E-state index in [4.69, 9.17) is 7.01 Å². The molecule has 0 aliphatic carbocycles. The first-order valence-electron chi connectivity index (χ1n) is 3.11. The molecule has 0 aromatic carbocycles. The van der Waals surface area contributed by atoms with Crippen molar-refractivity contribution in [2.75, 3.05) is 6.16 Å². The van der Waals surface area contributed by atoms with Crippen LogP contribution in [0, 0.1) is 0 Å². The van der Waals surface area contributed by atoms with Gasteiger partial charge in [-0.05, 0) is 0 Å². The third kappa shape index (κ3) is 6.51. The number of rotatable bonds is 2. The summed E-state index contributed by atoms with van der Waals surface area (Å²) in [4.78, 5) is 0. The SMILES string of the molecule is B#P(B=BB=B)CCC. The van der Waals surface area contributed by atoms with E-state index in [1.807, 2.05) is 13.2 Å². The summed E-state index contributed by atoms with van der Waals surface area (Å²) in [5.74, 6) is 0. The van der Waals surface area contributed by atoms with E-state index in [9.17, 15) is 0 Å². The van der Waals surface area contributed by atoms with Crippen LogP contribution >= 0.6 is 7.12 Å². The van der Waals surface area contributed by atoms with Crippen LogP contribution in [0.2, 0.25) is 0 Å². The van der Waals surface area contributed by atoms with Crippen molar-refractivity contribution in [3.05, 3.63) is 0 Å². The summed E-state index contributed by atoms with van der Waals surface area (Å²) < 4.78 is 0. The average molecular weight is 129 g/mol. The molecule has 0 spiro atoms. The maximum atomic E-state index is 5.70. The Bertz CT molecular complexity index is 165. The molecule has 0 amide bonds. The van der Waals surface area contributed by atoms with E-state index in [0.29, 0.717) is 0 Å². The van der Waals surface area contributed by atoms with Gasteiger partial charge in [-0.15, -0.1) is 0 Å². The van der Waals surface area contributed by atoms with Crippen molar-refractivity contribution in [3.8, 4) is 0 Å². The summed E-state index contributed by atoms with van der Waals surface area (Å²) in [6, 6.07) is 0. The van der Waals surface area contributed by atoms with E-state index in [-0.39, 0.29) is 7.12 Å². The van der Waals surface area contributed by atoms with E-state index in [0.717, 1.165) is 6.16 Å². The third-order valence-electron chi connectivity index (χ3n) is 0.895. The van der Waals surface area contributed by atoms with E-state index in [1.165, 1.54) is 6.42 Å². The van der Waals surface area contributed by atoms with E-state index in [1.54, 1.807) is 6.69 Å². The minimum atomic E-state index is -0.338. The Balaban J connectivity index is 3.54. The zero-order valence-corrected chi connectivity index (χ0v) is 6.77. The molecular weight excluding hydrogens is 121 g/mol. The van der Waals surface area contributed by atoms with Gasteiger partial charge in [0.05, 0.1) is 0 Å². The fourth-order valence-corrected chi connectivity index (χ4v) is 1.51. The average Bonchev–Trinajstić information content (AvgIpc) is 1.85. The molecule has 0 saturated carbocycles. The molecule has 0 aromatic heterocycles. The Morgan fingerprint density at radius 2 is 2.33 bits per heavy atom. The van der Waals surface area contributed by atoms with Gasteiger partial charge in [-0.1, -0.05) is 0 Å². The van der Waals surface area contributed by atoms with Gasteiger partial charge in [-0.3, -0.25) is 0 Å². The summed E-state index contributed by atoms with van der Waals surface area (Å²) in [6.07, 6.45) is 2.29. The van der Waals surface area contributed by atoms with Gasteiger partial charge in [0.2, 0.25) is 0 Å². The molecule has 0 N–H and O–H groups in total. The summed E-state index contributed by atoms with van der Waals surface area (Å²) in [6.45, 7) is 7.86. The van der Waals surface area contributed by atoms with Gasteiger partial charge in [0.25, 0.3) is 0 Å². The normalized spacial score (nSPS) is 9.78. The van der Waals surface area contributed by atoms with Gasteiger partial charge >= 0.3 is 60.9 Å². The van der Waals surface area contributed by atoms with E-state index in [2.05, 4.69) is 14.3 Å². The molecule has 1 atom stereocenters. The Morgan fingerprint density at radius 1 is 1.67 bits per heavy atom. The second-order valence-electron chi connectivity index (χ2n) is 1.82. The Hall–Kier alpha value is 0.625. The molecule has 0 aliphatic rings. The monoisotopic (exact) mass is 130 g/mol. The number of hydrogen-bond donors (Lipinski definition) is 0. The van der Waals surface area contributed by atoms with Crippen molar-refractivity contribution >= 4 is 41.4 Å². The predicted octanol–water partition coefficient (Wildman–Crippen LogP) is -0.365. The second kappa shape index (κ2) is 6.74. The Kier molecular flexibility index (Phi) is 7.21. The molecule has 0 radical (unpaired) electrons. The molecule has 0 heterocycles. The first kappa shape index (κ1) is 9.62. The summed E-state index contributed by atoms with van der Waals surface area (Å²) in [5.41, 5.74) is 0. The summed E-state index contributed by atoms with van der Waals surface area (Å²) in [7, 11) is 8.92. The quantitative estimate of drug-likeness (QED) is 0.352. The zero-order chi connectivity index (χ0) is 7.11. The third-order valence-corrected chi connectivity index (χ3v) is 2.41. The van der Waals surface area contributed by atoms with E-state index >= 15 is 0 Å². The van der Waals surface area contributed by atoms with Crippen molar-refractivity contribution in [1.82, 2.24) is 0 Å². The molecule has 0 nitrogen and oxygen atoms in total. The van der Waals surface area contributed by atoms with Crippen LogP contribution in [0.25, 0.3) is 0 Å². The van der Waals surface area contributed by atoms with Gasteiger partial charge in [0.1, 0.15) is 0 Å². The van der Waals surface area contributed by atoms with E-state index < -0.39 is 0 Å². The van der Waals surface area contributed by atoms with Gasteiger partial charge in [0.15, 0.2) is 0 Å². The Morgan fingerprint density at radius 3 is 2.78 bits per heavy atom. The van der Waals surface area contributed by atoms with Crippen molar-refractivity contribution in [2.24, 2.45) is 0 Å². The van der Waals surface area contributed by atoms with Crippen molar-refractivity contribution in [2.45, 2.75) is 13.3 Å². The maximum absolute atomic E-state index is 5.70. The van der Waals surface area contributed by atoms with Crippen LogP contribution in [0.1, 0.15) is 13.3 Å². The fourth-order valence-electron chi connectivity index (χ4n) is 0.504. The van der Waals surface area contributed by atoms with Crippen molar-refractivity contribution in [1.29, 1.82) is 0 Å². The van der Waals surface area contributed by atoms with Crippen molar-refractivity contribution in [3.63, 3.8) is 0 Å². The van der Waals surface area contributed by atoms with Crippen LogP contribution in [0.3, 0.4) is 0 Å². The van der Waals surface area contributed by atoms with Gasteiger partial charge < -0.3 is 0 Å². The summed E-state index contributed by atoms with van der Waals surface area (Å²) in [5, 5.41) is 0. The van der Waals surface area contributed by atoms with Crippen molar-refractivity contribution < 1.29 is 0 Å². The van der Waals surface area contributed by atoms with Crippen LogP contribution in [0.4, 0.5) is 0 Å². The second-order valence-corrected chi connectivity index (χ2v) is 3.59. The Labute approximate surface area is 61.5 Å². The van der Waals surface area contributed by atoms with Crippen LogP contribution < -0.4 is 0 Å². The van der Waals surface area contributed by atoms with Gasteiger partial charge in [-0.25, -0.2) is 0 Å². The first-order chi connectivity index (χ1) is 4.31. The molecule has 40 valence electrons. The molecule has 0 aromatic rings. The summed E-state index contributed by atoms with van der Waals surface area (Å²) >= 11 is 0. The minimum absolute atomic E-state index is 0.338. The molecule has 0 fully saturated rings. The molecule has 0 rings (SSSR count). The molecule has 9 heavy (non-hydrogen) atoms. The fraction of sp³-hybridized carbons (Fsp3) is 1.00. The molecule has 0 bridgehead atoms. The topological polar surface area (TPSA) is 0 Å². The molecule has 0 saturated heterocycles. The molecule has 6 heteroatoms. The van der Waals surface area contributed by atoms with Crippen LogP contribution in [0.15, 0.2) is 0 Å². The first-order valence-corrected chi connectivity index (χ1v) is 4.78. The predicted molar refractivity (Wildman–Crippen MR) is 52.2 cm³/mol. The van der Waals surface area contributed by atoms with Gasteiger partial charge in [-0.2, -0.15) is 0 Å².